The standard InChI is InChI=1S/C14H18N3O/c18-14-16-13-4-2-1-3-11(13)7-10-17(14)12-5-8-15-9-6-12/h1-4,12H,5-10H2,(H,16,18). The van der Waals surface area contributed by atoms with Gasteiger partial charge in [-0.3, -0.25) is 0 Å². The average molecular weight is 244 g/mol. The van der Waals surface area contributed by atoms with E-state index in [2.05, 4.69) is 16.7 Å². The number of fused-ring (bicyclic) bond motifs is 1. The van der Waals surface area contributed by atoms with E-state index in [0.717, 1.165) is 44.6 Å². The highest BCUT2D eigenvalue weighted by molar-refractivity contribution is 5.91. The van der Waals surface area contributed by atoms with Gasteiger partial charge in [0.15, 0.2) is 0 Å². The van der Waals surface area contributed by atoms with Crippen LogP contribution in [0.2, 0.25) is 0 Å². The number of carbonyl (C=O) groups excluding carboxylic acids is 1. The van der Waals surface area contributed by atoms with Gasteiger partial charge in [0.25, 0.3) is 0 Å². The van der Waals surface area contributed by atoms with E-state index in [-0.39, 0.29) is 6.03 Å². The van der Waals surface area contributed by atoms with Gasteiger partial charge in [0.2, 0.25) is 0 Å². The highest BCUT2D eigenvalue weighted by Crippen LogP contribution is 2.23. The molecule has 2 aliphatic heterocycles. The van der Waals surface area contributed by atoms with Crippen molar-refractivity contribution in [3.8, 4) is 0 Å². The number of urea groups is 1. The molecule has 4 heteroatoms. The Morgan fingerprint density at radius 3 is 2.83 bits per heavy atom. The maximum absolute atomic E-state index is 12.3. The van der Waals surface area contributed by atoms with Gasteiger partial charge in [-0.2, -0.15) is 0 Å². The smallest absolute Gasteiger partial charge is 0.321 e. The quantitative estimate of drug-likeness (QED) is 0.805. The molecule has 0 atom stereocenters. The molecule has 4 nitrogen and oxygen atoms in total. The van der Waals surface area contributed by atoms with Crippen molar-refractivity contribution in [3.05, 3.63) is 29.8 Å². The molecule has 0 unspecified atom stereocenters. The summed E-state index contributed by atoms with van der Waals surface area (Å²) >= 11 is 0. The fraction of sp³-hybridized carbons (Fsp3) is 0.500. The maximum atomic E-state index is 12.3. The van der Waals surface area contributed by atoms with Crippen LogP contribution in [-0.2, 0) is 6.42 Å². The molecule has 0 spiro atoms. The normalized spacial score (nSPS) is 21.1. The molecule has 1 aromatic carbocycles. The number of amides is 2. The van der Waals surface area contributed by atoms with Crippen molar-refractivity contribution in [1.29, 1.82) is 0 Å². The van der Waals surface area contributed by atoms with E-state index < -0.39 is 0 Å². The van der Waals surface area contributed by atoms with Crippen molar-refractivity contribution >= 4 is 11.7 Å². The van der Waals surface area contributed by atoms with Crippen LogP contribution in [0, 0.1) is 0 Å². The highest BCUT2D eigenvalue weighted by atomic mass is 16.2. The zero-order valence-electron chi connectivity index (χ0n) is 10.4. The van der Waals surface area contributed by atoms with Crippen LogP contribution < -0.4 is 10.6 Å². The first kappa shape index (κ1) is 11.5. The summed E-state index contributed by atoms with van der Waals surface area (Å²) < 4.78 is 0. The molecular formula is C14H18N3O. The molecule has 2 heterocycles. The molecule has 0 saturated carbocycles. The molecule has 95 valence electrons. The zero-order valence-corrected chi connectivity index (χ0v) is 10.4. The van der Waals surface area contributed by atoms with Gasteiger partial charge in [0, 0.05) is 31.4 Å². The number of benzene rings is 1. The first-order valence-corrected chi connectivity index (χ1v) is 6.63. The molecule has 1 saturated heterocycles. The molecule has 0 aromatic heterocycles. The molecule has 1 fully saturated rings. The molecule has 2 amide bonds. The number of nitrogens with zero attached hydrogens (tertiary/aromatic N) is 2. The Morgan fingerprint density at radius 2 is 2.00 bits per heavy atom. The minimum Gasteiger partial charge on any atom is -0.321 e. The van der Waals surface area contributed by atoms with E-state index in [1.807, 2.05) is 23.1 Å². The Kier molecular flexibility index (Phi) is 3.19. The predicted octanol–water partition coefficient (Wildman–Crippen LogP) is 1.84. The lowest BCUT2D eigenvalue weighted by Gasteiger charge is -2.33. The number of piperidine rings is 1. The summed E-state index contributed by atoms with van der Waals surface area (Å²) in [6.07, 6.45) is 2.94. The molecule has 0 bridgehead atoms. The van der Waals surface area contributed by atoms with E-state index in [9.17, 15) is 4.79 Å². The third kappa shape index (κ3) is 2.20. The average Bonchev–Trinajstić information content (AvgIpc) is 2.58. The van der Waals surface area contributed by atoms with Crippen LogP contribution in [-0.4, -0.2) is 36.6 Å². The fourth-order valence-corrected chi connectivity index (χ4v) is 2.79. The molecule has 1 radical (unpaired) electrons. The van der Waals surface area contributed by atoms with E-state index in [0.29, 0.717) is 6.04 Å². The lowest BCUT2D eigenvalue weighted by Crippen LogP contribution is -2.46. The van der Waals surface area contributed by atoms with Crippen LogP contribution in [0.15, 0.2) is 24.3 Å². The topological polar surface area (TPSA) is 46.4 Å². The molecule has 0 aliphatic carbocycles. The second-order valence-corrected chi connectivity index (χ2v) is 4.93. The van der Waals surface area contributed by atoms with Gasteiger partial charge < -0.3 is 10.2 Å². The van der Waals surface area contributed by atoms with Crippen LogP contribution >= 0.6 is 0 Å². The second-order valence-electron chi connectivity index (χ2n) is 4.93. The summed E-state index contributed by atoms with van der Waals surface area (Å²) in [5.74, 6) is 0. The van der Waals surface area contributed by atoms with E-state index in [4.69, 9.17) is 0 Å². The number of hydrogen-bond donors (Lipinski definition) is 1. The minimum atomic E-state index is 0.0480. The van der Waals surface area contributed by atoms with Crippen molar-refractivity contribution in [2.24, 2.45) is 0 Å². The molecular weight excluding hydrogens is 226 g/mol. The lowest BCUT2D eigenvalue weighted by atomic mass is 10.0. The number of rotatable bonds is 1. The molecule has 3 rings (SSSR count). The van der Waals surface area contributed by atoms with Gasteiger partial charge in [0.05, 0.1) is 0 Å². The largest absolute Gasteiger partial charge is 0.322 e. The third-order valence-electron chi connectivity index (χ3n) is 3.82. The zero-order chi connectivity index (χ0) is 12.4. The Hall–Kier alpha value is -1.55. The van der Waals surface area contributed by atoms with Gasteiger partial charge in [-0.1, -0.05) is 18.2 Å². The van der Waals surface area contributed by atoms with E-state index in [1.54, 1.807) is 0 Å². The minimum absolute atomic E-state index is 0.0480. The van der Waals surface area contributed by atoms with Crippen molar-refractivity contribution in [2.75, 3.05) is 25.0 Å². The Bertz CT molecular complexity index is 440. The van der Waals surface area contributed by atoms with Gasteiger partial charge in [-0.25, -0.2) is 10.1 Å². The predicted molar refractivity (Wildman–Crippen MR) is 70.8 cm³/mol. The Balaban J connectivity index is 1.78. The fourth-order valence-electron chi connectivity index (χ4n) is 2.79. The lowest BCUT2D eigenvalue weighted by molar-refractivity contribution is 0.172. The number of para-hydroxylation sites is 1. The number of carbonyl (C=O) groups is 1. The highest BCUT2D eigenvalue weighted by Gasteiger charge is 2.27. The molecule has 2 aliphatic rings. The number of hydrogen-bond acceptors (Lipinski definition) is 1. The van der Waals surface area contributed by atoms with Crippen LogP contribution in [0.25, 0.3) is 0 Å². The molecule has 18 heavy (non-hydrogen) atoms. The van der Waals surface area contributed by atoms with Crippen molar-refractivity contribution in [2.45, 2.75) is 25.3 Å². The van der Waals surface area contributed by atoms with Gasteiger partial charge in [0.1, 0.15) is 0 Å². The van der Waals surface area contributed by atoms with Crippen molar-refractivity contribution < 1.29 is 4.79 Å². The maximum Gasteiger partial charge on any atom is 0.322 e. The monoisotopic (exact) mass is 244 g/mol. The van der Waals surface area contributed by atoms with Crippen molar-refractivity contribution in [1.82, 2.24) is 10.2 Å². The second kappa shape index (κ2) is 4.98. The van der Waals surface area contributed by atoms with E-state index in [1.165, 1.54) is 5.56 Å². The van der Waals surface area contributed by atoms with Crippen molar-refractivity contribution in [3.63, 3.8) is 0 Å². The van der Waals surface area contributed by atoms with Crippen LogP contribution in [0.3, 0.4) is 0 Å². The van der Waals surface area contributed by atoms with Crippen LogP contribution in [0.5, 0.6) is 0 Å². The summed E-state index contributed by atoms with van der Waals surface area (Å²) in [7, 11) is 0. The Morgan fingerprint density at radius 1 is 1.22 bits per heavy atom. The summed E-state index contributed by atoms with van der Waals surface area (Å²) in [4.78, 5) is 14.3. The number of nitrogens with one attached hydrogen (secondary N) is 1. The SMILES string of the molecule is O=C1Nc2ccccc2CCN1C1CC[N]CC1. The molecule has 1 aromatic rings. The van der Waals surface area contributed by atoms with Crippen LogP contribution in [0.4, 0.5) is 10.5 Å². The van der Waals surface area contributed by atoms with Crippen LogP contribution in [0.1, 0.15) is 18.4 Å². The summed E-state index contributed by atoms with van der Waals surface area (Å²) in [6.45, 7) is 2.59. The van der Waals surface area contributed by atoms with Gasteiger partial charge >= 0.3 is 6.03 Å². The summed E-state index contributed by atoms with van der Waals surface area (Å²) in [5, 5.41) is 7.38. The van der Waals surface area contributed by atoms with Gasteiger partial charge in [-0.15, -0.1) is 0 Å². The summed E-state index contributed by atoms with van der Waals surface area (Å²) in [6, 6.07) is 8.47. The van der Waals surface area contributed by atoms with E-state index >= 15 is 0 Å². The molecule has 1 N–H and O–H groups in total. The summed E-state index contributed by atoms with van der Waals surface area (Å²) in [5.41, 5.74) is 2.19. The van der Waals surface area contributed by atoms with Gasteiger partial charge in [-0.05, 0) is 30.9 Å². The number of anilines is 1. The first-order chi connectivity index (χ1) is 8.84. The first-order valence-electron chi connectivity index (χ1n) is 6.63. The Labute approximate surface area is 107 Å². The third-order valence-corrected chi connectivity index (χ3v) is 3.82.